The second-order valence-electron chi connectivity index (χ2n) is 3.34. The van der Waals surface area contributed by atoms with E-state index in [4.69, 9.17) is 0 Å². The summed E-state index contributed by atoms with van der Waals surface area (Å²) in [6.07, 6.45) is 1.82. The average Bonchev–Trinajstić information content (AvgIpc) is 2.23. The van der Waals surface area contributed by atoms with Crippen molar-refractivity contribution in [2.45, 2.75) is 6.92 Å². The van der Waals surface area contributed by atoms with Crippen LogP contribution in [0.2, 0.25) is 0 Å². The second-order valence-corrected chi connectivity index (χ2v) is 4.19. The van der Waals surface area contributed by atoms with E-state index in [1.165, 1.54) is 0 Å². The number of halogens is 1. The first-order valence-electron chi connectivity index (χ1n) is 4.72. The third-order valence-corrected chi connectivity index (χ3v) is 3.09. The van der Waals surface area contributed by atoms with Gasteiger partial charge in [0.25, 0.3) is 0 Å². The highest BCUT2D eigenvalue weighted by Gasteiger charge is 2.13. The Hall–Kier alpha value is -0.680. The molecule has 2 rings (SSSR count). The summed E-state index contributed by atoms with van der Waals surface area (Å²) in [6.45, 7) is 5.98. The highest BCUT2D eigenvalue weighted by Crippen LogP contribution is 2.15. The van der Waals surface area contributed by atoms with E-state index in [2.05, 4.69) is 36.1 Å². The van der Waals surface area contributed by atoms with Gasteiger partial charge >= 0.3 is 0 Å². The lowest BCUT2D eigenvalue weighted by molar-refractivity contribution is 0.579. The van der Waals surface area contributed by atoms with Gasteiger partial charge in [0.05, 0.1) is 10.2 Å². The van der Waals surface area contributed by atoms with E-state index in [1.807, 2.05) is 13.1 Å². The number of aromatic nitrogens is 2. The molecule has 0 atom stereocenters. The molecule has 0 radical (unpaired) electrons. The summed E-state index contributed by atoms with van der Waals surface area (Å²) >= 11 is 3.40. The number of nitrogens with zero attached hydrogens (tertiary/aromatic N) is 3. The highest BCUT2D eigenvalue weighted by molar-refractivity contribution is 9.10. The molecule has 1 aromatic rings. The first-order chi connectivity index (χ1) is 6.77. The lowest BCUT2D eigenvalue weighted by Crippen LogP contribution is -2.44. The van der Waals surface area contributed by atoms with Gasteiger partial charge in [-0.25, -0.2) is 9.97 Å². The summed E-state index contributed by atoms with van der Waals surface area (Å²) in [6, 6.07) is 0. The van der Waals surface area contributed by atoms with Crippen LogP contribution in [-0.4, -0.2) is 36.1 Å². The van der Waals surface area contributed by atoms with Crippen molar-refractivity contribution in [1.29, 1.82) is 0 Å². The number of hydrogen-bond donors (Lipinski definition) is 1. The Morgan fingerprint density at radius 2 is 2.14 bits per heavy atom. The quantitative estimate of drug-likeness (QED) is 0.813. The Morgan fingerprint density at radius 1 is 1.43 bits per heavy atom. The summed E-state index contributed by atoms with van der Waals surface area (Å²) in [5.41, 5.74) is 0.994. The van der Waals surface area contributed by atoms with Gasteiger partial charge in [-0.2, -0.15) is 0 Å². The fourth-order valence-electron chi connectivity index (χ4n) is 1.46. The molecule has 0 aliphatic carbocycles. The van der Waals surface area contributed by atoms with Gasteiger partial charge in [-0.15, -0.1) is 0 Å². The molecule has 1 fully saturated rings. The largest absolute Gasteiger partial charge is 0.338 e. The minimum Gasteiger partial charge on any atom is -0.338 e. The van der Waals surface area contributed by atoms with E-state index in [9.17, 15) is 0 Å². The molecule has 4 nitrogen and oxygen atoms in total. The number of aryl methyl sites for hydroxylation is 1. The van der Waals surface area contributed by atoms with Crippen LogP contribution < -0.4 is 10.2 Å². The summed E-state index contributed by atoms with van der Waals surface area (Å²) in [5, 5.41) is 3.30. The van der Waals surface area contributed by atoms with Crippen LogP contribution in [0.5, 0.6) is 0 Å². The summed E-state index contributed by atoms with van der Waals surface area (Å²) in [4.78, 5) is 10.9. The molecular formula is C9H13BrN4. The fraction of sp³-hybridized carbons (Fsp3) is 0.556. The zero-order valence-electron chi connectivity index (χ0n) is 8.13. The third kappa shape index (κ3) is 2.04. The van der Waals surface area contributed by atoms with Crippen molar-refractivity contribution < 1.29 is 0 Å². The van der Waals surface area contributed by atoms with Crippen LogP contribution in [0.4, 0.5) is 5.95 Å². The average molecular weight is 257 g/mol. The maximum Gasteiger partial charge on any atom is 0.225 e. The topological polar surface area (TPSA) is 41.1 Å². The van der Waals surface area contributed by atoms with Crippen LogP contribution in [0.15, 0.2) is 10.7 Å². The Labute approximate surface area is 91.9 Å². The molecule has 0 bridgehead atoms. The van der Waals surface area contributed by atoms with Crippen molar-refractivity contribution in [3.63, 3.8) is 0 Å². The van der Waals surface area contributed by atoms with Gasteiger partial charge in [-0.3, -0.25) is 0 Å². The van der Waals surface area contributed by atoms with Gasteiger partial charge in [0, 0.05) is 32.4 Å². The molecule has 0 aromatic carbocycles. The normalized spacial score (nSPS) is 17.1. The minimum atomic E-state index is 0.840. The number of hydrogen-bond acceptors (Lipinski definition) is 4. The van der Waals surface area contributed by atoms with Gasteiger partial charge in [0.15, 0.2) is 0 Å². The molecule has 1 aromatic heterocycles. The zero-order chi connectivity index (χ0) is 9.97. The molecule has 76 valence electrons. The van der Waals surface area contributed by atoms with Gasteiger partial charge < -0.3 is 10.2 Å². The predicted molar refractivity (Wildman–Crippen MR) is 59.6 cm³/mol. The minimum absolute atomic E-state index is 0.840. The molecule has 1 aliphatic heterocycles. The molecular weight excluding hydrogens is 244 g/mol. The van der Waals surface area contributed by atoms with Crippen molar-refractivity contribution in [2.24, 2.45) is 0 Å². The molecule has 0 unspecified atom stereocenters. The van der Waals surface area contributed by atoms with Crippen LogP contribution in [0.3, 0.4) is 0 Å². The molecule has 2 heterocycles. The van der Waals surface area contributed by atoms with E-state index < -0.39 is 0 Å². The van der Waals surface area contributed by atoms with Gasteiger partial charge in [-0.05, 0) is 22.9 Å². The van der Waals surface area contributed by atoms with Gasteiger partial charge in [-0.1, -0.05) is 0 Å². The molecule has 0 spiro atoms. The SMILES string of the molecule is Cc1nc(N2CCNCC2)ncc1Br. The van der Waals surface area contributed by atoms with Crippen molar-refractivity contribution >= 4 is 21.9 Å². The third-order valence-electron chi connectivity index (χ3n) is 2.31. The van der Waals surface area contributed by atoms with Crippen molar-refractivity contribution in [3.05, 3.63) is 16.4 Å². The maximum absolute atomic E-state index is 4.44. The van der Waals surface area contributed by atoms with E-state index >= 15 is 0 Å². The molecule has 1 saturated heterocycles. The monoisotopic (exact) mass is 256 g/mol. The lowest BCUT2D eigenvalue weighted by Gasteiger charge is -2.27. The van der Waals surface area contributed by atoms with Crippen LogP contribution >= 0.6 is 15.9 Å². The second kappa shape index (κ2) is 4.23. The Kier molecular flexibility index (Phi) is 2.98. The summed E-state index contributed by atoms with van der Waals surface area (Å²) in [7, 11) is 0. The van der Waals surface area contributed by atoms with Crippen molar-refractivity contribution in [2.75, 3.05) is 31.1 Å². The van der Waals surface area contributed by atoms with E-state index in [0.29, 0.717) is 0 Å². The Balaban J connectivity index is 2.18. The lowest BCUT2D eigenvalue weighted by atomic mass is 10.4. The molecule has 14 heavy (non-hydrogen) atoms. The van der Waals surface area contributed by atoms with Crippen LogP contribution in [0.1, 0.15) is 5.69 Å². The van der Waals surface area contributed by atoms with Gasteiger partial charge in [0.1, 0.15) is 0 Å². The smallest absolute Gasteiger partial charge is 0.225 e. The van der Waals surface area contributed by atoms with E-state index in [1.54, 1.807) is 0 Å². The summed E-state index contributed by atoms with van der Waals surface area (Å²) in [5.74, 6) is 0.840. The fourth-order valence-corrected chi connectivity index (χ4v) is 1.65. The maximum atomic E-state index is 4.44. The number of piperazine rings is 1. The molecule has 1 aliphatic rings. The molecule has 0 amide bonds. The highest BCUT2D eigenvalue weighted by atomic mass is 79.9. The number of rotatable bonds is 1. The van der Waals surface area contributed by atoms with Gasteiger partial charge in [0.2, 0.25) is 5.95 Å². The molecule has 5 heteroatoms. The van der Waals surface area contributed by atoms with E-state index in [-0.39, 0.29) is 0 Å². The molecule has 1 N–H and O–H groups in total. The Morgan fingerprint density at radius 3 is 2.79 bits per heavy atom. The summed E-state index contributed by atoms with van der Waals surface area (Å²) < 4.78 is 0.969. The van der Waals surface area contributed by atoms with Crippen LogP contribution in [0, 0.1) is 6.92 Å². The van der Waals surface area contributed by atoms with E-state index in [0.717, 1.165) is 42.3 Å². The van der Waals surface area contributed by atoms with Crippen LogP contribution in [-0.2, 0) is 0 Å². The number of nitrogens with one attached hydrogen (secondary N) is 1. The Bertz CT molecular complexity index is 323. The van der Waals surface area contributed by atoms with Crippen molar-refractivity contribution in [3.8, 4) is 0 Å². The zero-order valence-corrected chi connectivity index (χ0v) is 9.71. The first-order valence-corrected chi connectivity index (χ1v) is 5.51. The van der Waals surface area contributed by atoms with Crippen molar-refractivity contribution in [1.82, 2.24) is 15.3 Å². The molecule has 0 saturated carbocycles. The number of anilines is 1. The first kappa shape index (κ1) is 9.86. The predicted octanol–water partition coefficient (Wildman–Crippen LogP) is 0.957. The standard InChI is InChI=1S/C9H13BrN4/c1-7-8(10)6-12-9(13-7)14-4-2-11-3-5-14/h6,11H,2-5H2,1H3. The van der Waals surface area contributed by atoms with Crippen LogP contribution in [0.25, 0.3) is 0 Å².